The number of rotatable bonds is 4. The minimum absolute atomic E-state index is 0.427. The molecule has 0 fully saturated rings. The highest BCUT2D eigenvalue weighted by atomic mass is 32.1. The van der Waals surface area contributed by atoms with Crippen LogP contribution in [0.3, 0.4) is 0 Å². The topological polar surface area (TPSA) is 12.0 Å². The predicted molar refractivity (Wildman–Crippen MR) is 76.9 cm³/mol. The van der Waals surface area contributed by atoms with Gasteiger partial charge < -0.3 is 5.32 Å². The van der Waals surface area contributed by atoms with Gasteiger partial charge in [0.1, 0.15) is 0 Å². The monoisotopic (exact) mass is 245 g/mol. The van der Waals surface area contributed by atoms with Crippen LogP contribution >= 0.6 is 11.3 Å². The quantitative estimate of drug-likeness (QED) is 0.805. The third-order valence-corrected chi connectivity index (χ3v) is 3.84. The number of hydrogen-bond donors (Lipinski definition) is 1. The minimum atomic E-state index is 0.427. The van der Waals surface area contributed by atoms with Gasteiger partial charge >= 0.3 is 0 Å². The SMILES string of the molecule is CCC(Nc1cc(C)cc(C)c1)c1cccs1. The fraction of sp³-hybridized carbons (Fsp3) is 0.333. The summed E-state index contributed by atoms with van der Waals surface area (Å²) in [5.74, 6) is 0. The van der Waals surface area contributed by atoms with E-state index in [2.05, 4.69) is 61.8 Å². The number of anilines is 1. The lowest BCUT2D eigenvalue weighted by Gasteiger charge is -2.17. The fourth-order valence-corrected chi connectivity index (χ4v) is 2.98. The van der Waals surface area contributed by atoms with Crippen LogP contribution < -0.4 is 5.32 Å². The van der Waals surface area contributed by atoms with E-state index >= 15 is 0 Å². The Kier molecular flexibility index (Phi) is 3.85. The molecule has 2 rings (SSSR count). The third kappa shape index (κ3) is 3.10. The van der Waals surface area contributed by atoms with E-state index in [1.807, 2.05) is 11.3 Å². The van der Waals surface area contributed by atoms with Gasteiger partial charge in [-0.25, -0.2) is 0 Å². The molecule has 0 saturated heterocycles. The lowest BCUT2D eigenvalue weighted by atomic mass is 10.1. The lowest BCUT2D eigenvalue weighted by molar-refractivity contribution is 0.763. The first kappa shape index (κ1) is 12.2. The second-order valence-corrected chi connectivity index (χ2v) is 5.48. The minimum Gasteiger partial charge on any atom is -0.377 e. The highest BCUT2D eigenvalue weighted by molar-refractivity contribution is 7.10. The van der Waals surface area contributed by atoms with E-state index in [0.29, 0.717) is 6.04 Å². The molecule has 0 bridgehead atoms. The summed E-state index contributed by atoms with van der Waals surface area (Å²) in [5.41, 5.74) is 3.85. The first-order valence-electron chi connectivity index (χ1n) is 6.07. The summed E-state index contributed by atoms with van der Waals surface area (Å²) in [4.78, 5) is 1.41. The van der Waals surface area contributed by atoms with Crippen LogP contribution in [-0.4, -0.2) is 0 Å². The van der Waals surface area contributed by atoms with Gasteiger partial charge in [0.25, 0.3) is 0 Å². The highest BCUT2D eigenvalue weighted by Gasteiger charge is 2.10. The van der Waals surface area contributed by atoms with E-state index in [0.717, 1.165) is 6.42 Å². The molecule has 0 aliphatic heterocycles. The van der Waals surface area contributed by atoms with Crippen LogP contribution in [0.25, 0.3) is 0 Å². The number of hydrogen-bond acceptors (Lipinski definition) is 2. The van der Waals surface area contributed by atoms with Gasteiger partial charge in [-0.3, -0.25) is 0 Å². The van der Waals surface area contributed by atoms with Crippen LogP contribution in [0.5, 0.6) is 0 Å². The van der Waals surface area contributed by atoms with Crippen molar-refractivity contribution < 1.29 is 0 Å². The number of benzene rings is 1. The van der Waals surface area contributed by atoms with Crippen LogP contribution in [0.15, 0.2) is 35.7 Å². The van der Waals surface area contributed by atoms with Gasteiger partial charge in [-0.05, 0) is 55.0 Å². The fourth-order valence-electron chi connectivity index (χ4n) is 2.12. The molecular weight excluding hydrogens is 226 g/mol. The highest BCUT2D eigenvalue weighted by Crippen LogP contribution is 2.26. The second kappa shape index (κ2) is 5.37. The number of aryl methyl sites for hydroxylation is 2. The first-order valence-corrected chi connectivity index (χ1v) is 6.95. The molecule has 0 aliphatic rings. The van der Waals surface area contributed by atoms with Crippen LogP contribution in [0.2, 0.25) is 0 Å². The van der Waals surface area contributed by atoms with Crippen molar-refractivity contribution in [3.63, 3.8) is 0 Å². The molecule has 1 heterocycles. The number of nitrogens with one attached hydrogen (secondary N) is 1. The Labute approximate surface area is 108 Å². The summed E-state index contributed by atoms with van der Waals surface area (Å²) < 4.78 is 0. The van der Waals surface area contributed by atoms with Crippen molar-refractivity contribution in [3.05, 3.63) is 51.7 Å². The van der Waals surface area contributed by atoms with Crippen molar-refractivity contribution in [1.82, 2.24) is 0 Å². The Morgan fingerprint density at radius 1 is 1.18 bits per heavy atom. The molecule has 1 atom stereocenters. The van der Waals surface area contributed by atoms with Gasteiger partial charge in [0.2, 0.25) is 0 Å². The molecule has 0 aliphatic carbocycles. The number of thiophene rings is 1. The summed E-state index contributed by atoms with van der Waals surface area (Å²) >= 11 is 1.82. The maximum atomic E-state index is 3.62. The van der Waals surface area contributed by atoms with Crippen molar-refractivity contribution in [3.8, 4) is 0 Å². The molecule has 1 N–H and O–H groups in total. The van der Waals surface area contributed by atoms with Gasteiger partial charge in [0.05, 0.1) is 6.04 Å². The van der Waals surface area contributed by atoms with Crippen molar-refractivity contribution in [1.29, 1.82) is 0 Å². The van der Waals surface area contributed by atoms with Gasteiger partial charge in [-0.15, -0.1) is 11.3 Å². The molecule has 0 saturated carbocycles. The van der Waals surface area contributed by atoms with Crippen LogP contribution in [0, 0.1) is 13.8 Å². The van der Waals surface area contributed by atoms with Gasteiger partial charge in [-0.1, -0.05) is 19.1 Å². The van der Waals surface area contributed by atoms with E-state index in [-0.39, 0.29) is 0 Å². The van der Waals surface area contributed by atoms with E-state index in [1.54, 1.807) is 0 Å². The van der Waals surface area contributed by atoms with Crippen molar-refractivity contribution in [2.75, 3.05) is 5.32 Å². The van der Waals surface area contributed by atoms with Gasteiger partial charge in [0.15, 0.2) is 0 Å². The molecule has 0 radical (unpaired) electrons. The molecule has 2 aromatic rings. The van der Waals surface area contributed by atoms with E-state index in [4.69, 9.17) is 0 Å². The molecule has 1 aromatic carbocycles. The van der Waals surface area contributed by atoms with E-state index in [9.17, 15) is 0 Å². The van der Waals surface area contributed by atoms with E-state index < -0.39 is 0 Å². The molecule has 1 unspecified atom stereocenters. The van der Waals surface area contributed by atoms with Crippen molar-refractivity contribution >= 4 is 17.0 Å². The summed E-state index contributed by atoms with van der Waals surface area (Å²) in [7, 11) is 0. The van der Waals surface area contributed by atoms with Gasteiger partial charge in [0, 0.05) is 10.6 Å². The van der Waals surface area contributed by atoms with Crippen LogP contribution in [-0.2, 0) is 0 Å². The molecule has 1 aromatic heterocycles. The summed E-state index contributed by atoms with van der Waals surface area (Å²) in [6.45, 7) is 6.51. The Hall–Kier alpha value is -1.28. The van der Waals surface area contributed by atoms with Crippen molar-refractivity contribution in [2.24, 2.45) is 0 Å². The van der Waals surface area contributed by atoms with E-state index in [1.165, 1.54) is 21.7 Å². The van der Waals surface area contributed by atoms with Crippen LogP contribution in [0.1, 0.15) is 35.4 Å². The normalized spacial score (nSPS) is 12.4. The summed E-state index contributed by atoms with van der Waals surface area (Å²) in [6, 6.07) is 11.4. The molecular formula is C15H19NS. The summed E-state index contributed by atoms with van der Waals surface area (Å²) in [5, 5.41) is 5.76. The largest absolute Gasteiger partial charge is 0.377 e. The first-order chi connectivity index (χ1) is 8.19. The second-order valence-electron chi connectivity index (χ2n) is 4.50. The molecule has 1 nitrogen and oxygen atoms in total. The predicted octanol–water partition coefficient (Wildman–Crippen LogP) is 4.93. The standard InChI is InChI=1S/C15H19NS/c1-4-14(15-6-5-7-17-15)16-13-9-11(2)8-12(3)10-13/h5-10,14,16H,4H2,1-3H3. The average Bonchev–Trinajstić information content (AvgIpc) is 2.77. The summed E-state index contributed by atoms with van der Waals surface area (Å²) in [6.07, 6.45) is 1.10. The smallest absolute Gasteiger partial charge is 0.0604 e. The maximum absolute atomic E-state index is 3.62. The Balaban J connectivity index is 2.18. The Morgan fingerprint density at radius 3 is 2.41 bits per heavy atom. The average molecular weight is 245 g/mol. The van der Waals surface area contributed by atoms with Gasteiger partial charge in [-0.2, -0.15) is 0 Å². The molecule has 0 spiro atoms. The third-order valence-electron chi connectivity index (χ3n) is 2.86. The molecule has 90 valence electrons. The maximum Gasteiger partial charge on any atom is 0.0604 e. The zero-order chi connectivity index (χ0) is 12.3. The Morgan fingerprint density at radius 2 is 1.88 bits per heavy atom. The lowest BCUT2D eigenvalue weighted by Crippen LogP contribution is -2.08. The molecule has 0 amide bonds. The zero-order valence-electron chi connectivity index (χ0n) is 10.7. The molecule has 17 heavy (non-hydrogen) atoms. The molecule has 2 heteroatoms. The Bertz CT molecular complexity index is 453. The van der Waals surface area contributed by atoms with Crippen LogP contribution in [0.4, 0.5) is 5.69 Å². The zero-order valence-corrected chi connectivity index (χ0v) is 11.5. The van der Waals surface area contributed by atoms with Crippen molar-refractivity contribution in [2.45, 2.75) is 33.2 Å².